The lowest BCUT2D eigenvalue weighted by Crippen LogP contribution is -2.37. The fourth-order valence-electron chi connectivity index (χ4n) is 1.99. The molecule has 0 radical (unpaired) electrons. The average molecular weight is 297 g/mol. The van der Waals surface area contributed by atoms with Crippen molar-refractivity contribution in [2.75, 3.05) is 18.4 Å². The lowest BCUT2D eigenvalue weighted by atomic mass is 9.99. The minimum Gasteiger partial charge on any atom is -0.326 e. The summed E-state index contributed by atoms with van der Waals surface area (Å²) in [5, 5.41) is 6.22. The van der Waals surface area contributed by atoms with E-state index in [0.717, 1.165) is 36.1 Å². The smallest absolute Gasteiger partial charge is 0.228 e. The highest BCUT2D eigenvalue weighted by Gasteiger charge is 2.20. The Morgan fingerprint density at radius 3 is 3.00 bits per heavy atom. The first kappa shape index (κ1) is 12.6. The normalized spacial score (nSPS) is 20.0. The first-order chi connectivity index (χ1) is 8.16. The van der Waals surface area contributed by atoms with Gasteiger partial charge >= 0.3 is 0 Å². The Morgan fingerprint density at radius 1 is 1.53 bits per heavy atom. The third-order valence-corrected chi connectivity index (χ3v) is 3.96. The van der Waals surface area contributed by atoms with Crippen molar-refractivity contribution in [1.82, 2.24) is 5.32 Å². The quantitative estimate of drug-likeness (QED) is 0.881. The van der Waals surface area contributed by atoms with Gasteiger partial charge in [-0.2, -0.15) is 0 Å². The number of nitrogens with one attached hydrogen (secondary N) is 2. The van der Waals surface area contributed by atoms with Crippen molar-refractivity contribution in [1.29, 1.82) is 0 Å². The number of hydrogen-bond donors (Lipinski definition) is 2. The molecule has 17 heavy (non-hydrogen) atoms. The van der Waals surface area contributed by atoms with Crippen molar-refractivity contribution >= 4 is 27.5 Å². The highest BCUT2D eigenvalue weighted by atomic mass is 79.9. The maximum atomic E-state index is 12.0. The van der Waals surface area contributed by atoms with E-state index in [4.69, 9.17) is 0 Å². The summed E-state index contributed by atoms with van der Waals surface area (Å²) in [4.78, 5) is 12.0. The molecule has 1 amide bonds. The second kappa shape index (κ2) is 5.65. The van der Waals surface area contributed by atoms with Gasteiger partial charge in [-0.15, -0.1) is 0 Å². The fraction of sp³-hybridized carbons (Fsp3) is 0.462. The molecule has 0 unspecified atom stereocenters. The number of benzene rings is 1. The van der Waals surface area contributed by atoms with E-state index in [2.05, 4.69) is 26.6 Å². The third-order valence-electron chi connectivity index (χ3n) is 3.11. The summed E-state index contributed by atoms with van der Waals surface area (Å²) in [6, 6.07) is 5.89. The van der Waals surface area contributed by atoms with Gasteiger partial charge in [-0.05, 0) is 44.0 Å². The van der Waals surface area contributed by atoms with Crippen LogP contribution in [-0.4, -0.2) is 19.0 Å². The number of aryl methyl sites for hydroxylation is 1. The van der Waals surface area contributed by atoms with Gasteiger partial charge in [-0.3, -0.25) is 4.79 Å². The number of rotatable bonds is 2. The number of amides is 1. The van der Waals surface area contributed by atoms with Crippen molar-refractivity contribution in [3.63, 3.8) is 0 Å². The molecule has 0 aliphatic carbocycles. The van der Waals surface area contributed by atoms with Gasteiger partial charge in [0.25, 0.3) is 0 Å². The Balaban J connectivity index is 1.99. The lowest BCUT2D eigenvalue weighted by molar-refractivity contribution is -0.120. The molecule has 1 aliphatic heterocycles. The number of anilines is 1. The van der Waals surface area contributed by atoms with Crippen LogP contribution >= 0.6 is 15.9 Å². The van der Waals surface area contributed by atoms with Gasteiger partial charge in [0.1, 0.15) is 0 Å². The van der Waals surface area contributed by atoms with Crippen molar-refractivity contribution < 1.29 is 4.79 Å². The molecule has 1 atom stereocenters. The van der Waals surface area contributed by atoms with Crippen LogP contribution in [-0.2, 0) is 4.79 Å². The van der Waals surface area contributed by atoms with E-state index >= 15 is 0 Å². The summed E-state index contributed by atoms with van der Waals surface area (Å²) in [7, 11) is 0. The first-order valence-electron chi connectivity index (χ1n) is 5.94. The van der Waals surface area contributed by atoms with Gasteiger partial charge in [0.2, 0.25) is 5.91 Å². The Morgan fingerprint density at radius 2 is 2.35 bits per heavy atom. The van der Waals surface area contributed by atoms with Crippen molar-refractivity contribution in [2.24, 2.45) is 5.92 Å². The molecular formula is C13H17BrN2O. The molecule has 1 saturated heterocycles. The average Bonchev–Trinajstić information content (AvgIpc) is 2.35. The Hall–Kier alpha value is -0.870. The van der Waals surface area contributed by atoms with Crippen LogP contribution in [0.4, 0.5) is 5.69 Å². The Kier molecular flexibility index (Phi) is 4.18. The second-order valence-corrected chi connectivity index (χ2v) is 5.35. The Bertz CT molecular complexity index is 414. The van der Waals surface area contributed by atoms with Gasteiger partial charge in [-0.1, -0.05) is 22.0 Å². The minimum atomic E-state index is 0.101. The molecule has 0 saturated carbocycles. The number of piperidine rings is 1. The summed E-state index contributed by atoms with van der Waals surface area (Å²) in [5.41, 5.74) is 2.03. The van der Waals surface area contributed by atoms with Crippen LogP contribution in [0.3, 0.4) is 0 Å². The predicted molar refractivity (Wildman–Crippen MR) is 73.1 cm³/mol. The number of carbonyl (C=O) groups excluding carboxylic acids is 1. The molecule has 1 aromatic carbocycles. The summed E-state index contributed by atoms with van der Waals surface area (Å²) in [6.45, 7) is 3.85. The number of carbonyl (C=O) groups is 1. The lowest BCUT2D eigenvalue weighted by Gasteiger charge is -2.22. The zero-order valence-electron chi connectivity index (χ0n) is 9.92. The summed E-state index contributed by atoms with van der Waals surface area (Å²) in [6.07, 6.45) is 2.06. The molecular weight excluding hydrogens is 280 g/mol. The predicted octanol–water partition coefficient (Wildman–Crippen LogP) is 2.70. The molecule has 3 nitrogen and oxygen atoms in total. The Labute approximate surface area is 110 Å². The van der Waals surface area contributed by atoms with Gasteiger partial charge in [-0.25, -0.2) is 0 Å². The minimum absolute atomic E-state index is 0.101. The fourth-order valence-corrected chi connectivity index (χ4v) is 2.37. The molecule has 1 heterocycles. The molecule has 1 fully saturated rings. The zero-order valence-corrected chi connectivity index (χ0v) is 11.5. The highest BCUT2D eigenvalue weighted by molar-refractivity contribution is 9.10. The van der Waals surface area contributed by atoms with E-state index in [0.29, 0.717) is 0 Å². The third kappa shape index (κ3) is 3.30. The second-order valence-electron chi connectivity index (χ2n) is 4.50. The maximum absolute atomic E-state index is 12.0. The molecule has 1 aliphatic rings. The van der Waals surface area contributed by atoms with Crippen LogP contribution in [0.2, 0.25) is 0 Å². The summed E-state index contributed by atoms with van der Waals surface area (Å²) < 4.78 is 1.03. The van der Waals surface area contributed by atoms with E-state index in [-0.39, 0.29) is 11.8 Å². The molecule has 2 N–H and O–H groups in total. The summed E-state index contributed by atoms with van der Waals surface area (Å²) >= 11 is 3.47. The van der Waals surface area contributed by atoms with Gasteiger partial charge in [0, 0.05) is 16.7 Å². The van der Waals surface area contributed by atoms with Crippen molar-refractivity contribution in [3.05, 3.63) is 28.2 Å². The van der Waals surface area contributed by atoms with E-state index in [1.54, 1.807) is 0 Å². The molecule has 4 heteroatoms. The van der Waals surface area contributed by atoms with Crippen LogP contribution in [0.1, 0.15) is 18.4 Å². The van der Waals surface area contributed by atoms with Gasteiger partial charge in [0.15, 0.2) is 0 Å². The van der Waals surface area contributed by atoms with E-state index in [9.17, 15) is 4.79 Å². The van der Waals surface area contributed by atoms with Crippen LogP contribution in [0.25, 0.3) is 0 Å². The SMILES string of the molecule is Cc1ccc(NC(=O)[C@@H]2CCCNC2)cc1Br. The van der Waals surface area contributed by atoms with Gasteiger partial charge in [0.05, 0.1) is 5.92 Å². The topological polar surface area (TPSA) is 41.1 Å². The zero-order chi connectivity index (χ0) is 12.3. The highest BCUT2D eigenvalue weighted by Crippen LogP contribution is 2.21. The maximum Gasteiger partial charge on any atom is 0.228 e. The van der Waals surface area contributed by atoms with E-state index in [1.165, 1.54) is 5.56 Å². The van der Waals surface area contributed by atoms with Crippen molar-refractivity contribution in [3.8, 4) is 0 Å². The van der Waals surface area contributed by atoms with Crippen LogP contribution in [0.15, 0.2) is 22.7 Å². The van der Waals surface area contributed by atoms with Crippen LogP contribution < -0.4 is 10.6 Å². The number of hydrogen-bond acceptors (Lipinski definition) is 2. The molecule has 0 bridgehead atoms. The van der Waals surface area contributed by atoms with Gasteiger partial charge < -0.3 is 10.6 Å². The van der Waals surface area contributed by atoms with E-state index < -0.39 is 0 Å². The van der Waals surface area contributed by atoms with E-state index in [1.807, 2.05) is 25.1 Å². The number of halogens is 1. The summed E-state index contributed by atoms with van der Waals surface area (Å²) in [5.74, 6) is 0.219. The molecule has 2 rings (SSSR count). The van der Waals surface area contributed by atoms with Crippen LogP contribution in [0.5, 0.6) is 0 Å². The largest absolute Gasteiger partial charge is 0.326 e. The molecule has 0 spiro atoms. The van der Waals surface area contributed by atoms with Crippen LogP contribution in [0, 0.1) is 12.8 Å². The first-order valence-corrected chi connectivity index (χ1v) is 6.74. The molecule has 92 valence electrons. The standard InChI is InChI=1S/C13H17BrN2O/c1-9-4-5-11(7-12(9)14)16-13(17)10-3-2-6-15-8-10/h4-5,7,10,15H,2-3,6,8H2,1H3,(H,16,17)/t10-/m1/s1. The monoisotopic (exact) mass is 296 g/mol. The molecule has 0 aromatic heterocycles. The molecule has 1 aromatic rings. The van der Waals surface area contributed by atoms with Crippen molar-refractivity contribution in [2.45, 2.75) is 19.8 Å².